The molecule has 0 aliphatic heterocycles. The molecule has 3 aromatic heterocycles. The largest absolute Gasteiger partial charge is 0.496 e. The fourth-order valence-electron chi connectivity index (χ4n) is 4.24. The first-order valence-electron chi connectivity index (χ1n) is 11.8. The number of methoxy groups -OCH3 is 1. The molecule has 37 heavy (non-hydrogen) atoms. The van der Waals surface area contributed by atoms with Crippen LogP contribution in [-0.4, -0.2) is 55.1 Å². The summed E-state index contributed by atoms with van der Waals surface area (Å²) < 4.78 is 21.8. The van der Waals surface area contributed by atoms with Gasteiger partial charge in [0.2, 0.25) is 5.91 Å². The molecular weight excluding hydrogens is 499 g/mol. The molecule has 0 bridgehead atoms. The quantitative estimate of drug-likeness (QED) is 0.348. The molecule has 4 aromatic rings. The van der Waals surface area contributed by atoms with Crippen LogP contribution in [0.3, 0.4) is 0 Å². The standard InChI is InChI=1S/C25H29FN6O4S/c1-14(2)29(5)21(33)16(4)31-22(34)20-15(3)23(32-27-10-11-28-32)37-24(20)30(25(31)35)12-9-17-13-18(26)7-8-19(17)36-6/h7-8,10-11,13-14,16H,9,12H2,1-6H3/t16-/m1/s1. The lowest BCUT2D eigenvalue weighted by Gasteiger charge is -2.26. The van der Waals surface area contributed by atoms with Crippen LogP contribution in [0.4, 0.5) is 4.39 Å². The van der Waals surface area contributed by atoms with Gasteiger partial charge in [-0.15, -0.1) is 4.80 Å². The van der Waals surface area contributed by atoms with Crippen molar-refractivity contribution < 1.29 is 13.9 Å². The lowest BCUT2D eigenvalue weighted by molar-refractivity contribution is -0.134. The van der Waals surface area contributed by atoms with E-state index in [1.54, 1.807) is 20.9 Å². The highest BCUT2D eigenvalue weighted by molar-refractivity contribution is 7.21. The Kier molecular flexibility index (Phi) is 7.30. The maximum atomic E-state index is 14.0. The van der Waals surface area contributed by atoms with Crippen LogP contribution in [0.25, 0.3) is 15.2 Å². The first-order chi connectivity index (χ1) is 17.6. The topological polar surface area (TPSA) is 104 Å². The average Bonchev–Trinajstić information content (AvgIpc) is 3.51. The van der Waals surface area contributed by atoms with Crippen molar-refractivity contribution in [1.29, 1.82) is 0 Å². The molecule has 0 saturated heterocycles. The van der Waals surface area contributed by atoms with E-state index < -0.39 is 23.1 Å². The highest BCUT2D eigenvalue weighted by Gasteiger charge is 2.28. The zero-order valence-corrected chi connectivity index (χ0v) is 22.4. The molecule has 0 fully saturated rings. The number of carbonyl (C=O) groups is 1. The highest BCUT2D eigenvalue weighted by Crippen LogP contribution is 2.31. The Bertz CT molecular complexity index is 1570. The van der Waals surface area contributed by atoms with E-state index in [1.165, 1.54) is 63.3 Å². The van der Waals surface area contributed by atoms with Crippen molar-refractivity contribution in [2.45, 2.75) is 52.7 Å². The van der Waals surface area contributed by atoms with Crippen molar-refractivity contribution in [1.82, 2.24) is 29.0 Å². The number of benzene rings is 1. The summed E-state index contributed by atoms with van der Waals surface area (Å²) in [6.07, 6.45) is 3.30. The molecule has 1 aromatic carbocycles. The van der Waals surface area contributed by atoms with Gasteiger partial charge in [0.05, 0.1) is 24.9 Å². The predicted molar refractivity (Wildman–Crippen MR) is 139 cm³/mol. The molecule has 10 nitrogen and oxygen atoms in total. The smallest absolute Gasteiger partial charge is 0.332 e. The third-order valence-electron chi connectivity index (χ3n) is 6.53. The molecule has 12 heteroatoms. The monoisotopic (exact) mass is 528 g/mol. The zero-order valence-electron chi connectivity index (χ0n) is 21.6. The molecule has 0 aliphatic carbocycles. The maximum absolute atomic E-state index is 14.0. The highest BCUT2D eigenvalue weighted by atomic mass is 32.1. The van der Waals surface area contributed by atoms with Crippen LogP contribution in [-0.2, 0) is 17.8 Å². The minimum absolute atomic E-state index is 0.113. The van der Waals surface area contributed by atoms with E-state index >= 15 is 0 Å². The number of carbonyl (C=O) groups excluding carboxylic acids is 1. The second-order valence-corrected chi connectivity index (χ2v) is 10.0. The number of hydrogen-bond acceptors (Lipinski definition) is 7. The van der Waals surface area contributed by atoms with Crippen molar-refractivity contribution in [2.75, 3.05) is 14.2 Å². The summed E-state index contributed by atoms with van der Waals surface area (Å²) in [5, 5.41) is 9.26. The van der Waals surface area contributed by atoms with Gasteiger partial charge in [0.15, 0.2) is 0 Å². The third-order valence-corrected chi connectivity index (χ3v) is 7.81. The molecule has 0 spiro atoms. The fraction of sp³-hybridized carbons (Fsp3) is 0.400. The average molecular weight is 529 g/mol. The van der Waals surface area contributed by atoms with Gasteiger partial charge in [-0.3, -0.25) is 14.2 Å². The van der Waals surface area contributed by atoms with Gasteiger partial charge in [0.1, 0.15) is 27.4 Å². The minimum Gasteiger partial charge on any atom is -0.496 e. The zero-order chi connectivity index (χ0) is 27.0. The Morgan fingerprint density at radius 3 is 2.49 bits per heavy atom. The number of aromatic nitrogens is 5. The van der Waals surface area contributed by atoms with Crippen LogP contribution in [0.1, 0.15) is 37.9 Å². The molecule has 1 amide bonds. The molecule has 196 valence electrons. The fourth-order valence-corrected chi connectivity index (χ4v) is 5.47. The van der Waals surface area contributed by atoms with Gasteiger partial charge in [0, 0.05) is 25.2 Å². The summed E-state index contributed by atoms with van der Waals surface area (Å²) in [6, 6.07) is 3.05. The van der Waals surface area contributed by atoms with Gasteiger partial charge in [-0.1, -0.05) is 11.3 Å². The normalized spacial score (nSPS) is 12.3. The van der Waals surface area contributed by atoms with Crippen molar-refractivity contribution >= 4 is 27.5 Å². The number of rotatable bonds is 8. The molecular formula is C25H29FN6O4S. The number of likely N-dealkylation sites (N-methyl/N-ethyl adjacent to an activating group) is 1. The first-order valence-corrected chi connectivity index (χ1v) is 12.6. The molecule has 1 atom stereocenters. The van der Waals surface area contributed by atoms with Crippen molar-refractivity contribution in [2.24, 2.45) is 0 Å². The number of nitrogens with zero attached hydrogens (tertiary/aromatic N) is 6. The van der Waals surface area contributed by atoms with Gasteiger partial charge in [-0.2, -0.15) is 10.2 Å². The molecule has 4 rings (SSSR count). The van der Waals surface area contributed by atoms with E-state index in [1.807, 2.05) is 13.8 Å². The lowest BCUT2D eigenvalue weighted by atomic mass is 10.1. The number of fused-ring (bicyclic) bond motifs is 1. The van der Waals surface area contributed by atoms with Crippen LogP contribution in [0, 0.1) is 12.7 Å². The van der Waals surface area contributed by atoms with E-state index in [4.69, 9.17) is 4.74 Å². The van der Waals surface area contributed by atoms with E-state index in [2.05, 4.69) is 10.2 Å². The Hall–Kier alpha value is -3.80. The van der Waals surface area contributed by atoms with E-state index in [-0.39, 0.29) is 24.9 Å². The third kappa shape index (κ3) is 4.68. The summed E-state index contributed by atoms with van der Waals surface area (Å²) >= 11 is 1.21. The SMILES string of the molecule is COc1ccc(F)cc1CCn1c(=O)n([C@H](C)C(=O)N(C)C(C)C)c(=O)c2c(C)c(-n3nccn3)sc21. The second kappa shape index (κ2) is 10.3. The Morgan fingerprint density at radius 1 is 1.19 bits per heavy atom. The summed E-state index contributed by atoms with van der Waals surface area (Å²) in [6.45, 7) is 7.15. The van der Waals surface area contributed by atoms with Gasteiger partial charge >= 0.3 is 5.69 Å². The summed E-state index contributed by atoms with van der Waals surface area (Å²) in [7, 11) is 3.13. The lowest BCUT2D eigenvalue weighted by Crippen LogP contribution is -2.47. The molecule has 0 unspecified atom stereocenters. The van der Waals surface area contributed by atoms with Crippen LogP contribution < -0.4 is 16.0 Å². The Morgan fingerprint density at radius 2 is 1.86 bits per heavy atom. The second-order valence-electron chi connectivity index (χ2n) is 9.07. The number of halogens is 1. The van der Waals surface area contributed by atoms with Crippen LogP contribution in [0.5, 0.6) is 5.75 Å². The number of amides is 1. The van der Waals surface area contributed by atoms with E-state index in [0.29, 0.717) is 32.1 Å². The Balaban J connectivity index is 1.93. The summed E-state index contributed by atoms with van der Waals surface area (Å²) in [4.78, 5) is 44.0. The van der Waals surface area contributed by atoms with Crippen LogP contribution in [0.15, 0.2) is 40.2 Å². The van der Waals surface area contributed by atoms with Crippen molar-refractivity contribution in [3.8, 4) is 10.8 Å². The number of ether oxygens (including phenoxy) is 1. The summed E-state index contributed by atoms with van der Waals surface area (Å²) in [5.41, 5.74) is 0.00644. The van der Waals surface area contributed by atoms with Crippen LogP contribution in [0.2, 0.25) is 0 Å². The first kappa shape index (κ1) is 26.3. The molecule has 0 aliphatic rings. The molecule has 0 N–H and O–H groups in total. The number of aryl methyl sites for hydroxylation is 3. The predicted octanol–water partition coefficient (Wildman–Crippen LogP) is 2.93. The minimum atomic E-state index is -1.03. The van der Waals surface area contributed by atoms with E-state index in [0.717, 1.165) is 4.57 Å². The molecule has 0 radical (unpaired) electrons. The number of thiophene rings is 1. The van der Waals surface area contributed by atoms with Gasteiger partial charge in [-0.05, 0) is 57.9 Å². The number of hydrogen-bond donors (Lipinski definition) is 0. The van der Waals surface area contributed by atoms with E-state index in [9.17, 15) is 18.8 Å². The van der Waals surface area contributed by atoms with Crippen molar-refractivity contribution in [3.05, 3.63) is 68.4 Å². The van der Waals surface area contributed by atoms with Crippen molar-refractivity contribution in [3.63, 3.8) is 0 Å². The van der Waals surface area contributed by atoms with Gasteiger partial charge in [0.25, 0.3) is 5.56 Å². The van der Waals surface area contributed by atoms with Crippen LogP contribution >= 0.6 is 11.3 Å². The Labute approximate surface area is 216 Å². The maximum Gasteiger partial charge on any atom is 0.332 e. The van der Waals surface area contributed by atoms with Gasteiger partial charge < -0.3 is 9.64 Å². The molecule has 0 saturated carbocycles. The summed E-state index contributed by atoms with van der Waals surface area (Å²) in [5.74, 6) is -0.285. The van der Waals surface area contributed by atoms with Gasteiger partial charge in [-0.25, -0.2) is 13.8 Å². The molecule has 3 heterocycles.